The first-order chi connectivity index (χ1) is 14.3. The third-order valence-electron chi connectivity index (χ3n) is 5.46. The van der Waals surface area contributed by atoms with Crippen LogP contribution in [-0.2, 0) is 10.0 Å². The normalized spacial score (nSPS) is 18.1. The third kappa shape index (κ3) is 4.15. The maximum Gasteiger partial charge on any atom is 0.243 e. The molecule has 2 aromatic carbocycles. The lowest BCUT2D eigenvalue weighted by Gasteiger charge is -2.30. The molecule has 158 valence electrons. The Bertz CT molecular complexity index is 1110. The van der Waals surface area contributed by atoms with E-state index in [0.717, 1.165) is 24.1 Å². The first-order valence-corrected chi connectivity index (χ1v) is 11.5. The number of hydrogen-bond donors (Lipinski definition) is 0. The Morgan fingerprint density at radius 1 is 1.10 bits per heavy atom. The molecule has 1 saturated heterocycles. The van der Waals surface area contributed by atoms with Crippen LogP contribution in [0.1, 0.15) is 50.0 Å². The lowest BCUT2D eigenvalue weighted by atomic mass is 9.99. The van der Waals surface area contributed by atoms with Gasteiger partial charge in [0.05, 0.1) is 10.8 Å². The quantitative estimate of drug-likeness (QED) is 0.594. The summed E-state index contributed by atoms with van der Waals surface area (Å²) in [5.74, 6) is 0.738. The van der Waals surface area contributed by atoms with E-state index in [1.807, 2.05) is 24.3 Å². The number of benzene rings is 2. The lowest BCUT2D eigenvalue weighted by Crippen LogP contribution is -2.39. The van der Waals surface area contributed by atoms with Crippen molar-refractivity contribution in [3.63, 3.8) is 0 Å². The molecule has 30 heavy (non-hydrogen) atoms. The Balaban J connectivity index is 1.52. The van der Waals surface area contributed by atoms with E-state index in [0.29, 0.717) is 30.6 Å². The molecule has 1 fully saturated rings. The van der Waals surface area contributed by atoms with Gasteiger partial charge in [0, 0.05) is 18.7 Å². The molecular formula is C22H24FN3O3S. The summed E-state index contributed by atoms with van der Waals surface area (Å²) < 4.78 is 45.9. The molecule has 3 aromatic rings. The highest BCUT2D eigenvalue weighted by atomic mass is 32.2. The molecule has 0 amide bonds. The van der Waals surface area contributed by atoms with Crippen LogP contribution in [0.4, 0.5) is 4.39 Å². The first-order valence-electron chi connectivity index (χ1n) is 10.0. The van der Waals surface area contributed by atoms with Gasteiger partial charge in [-0.25, -0.2) is 12.8 Å². The van der Waals surface area contributed by atoms with E-state index in [2.05, 4.69) is 24.0 Å². The van der Waals surface area contributed by atoms with Gasteiger partial charge in [-0.1, -0.05) is 43.3 Å². The van der Waals surface area contributed by atoms with Crippen LogP contribution in [-0.4, -0.2) is 36.0 Å². The second-order valence-electron chi connectivity index (χ2n) is 7.89. The van der Waals surface area contributed by atoms with Crippen LogP contribution in [0.25, 0.3) is 11.4 Å². The van der Waals surface area contributed by atoms with Crippen molar-refractivity contribution in [1.29, 1.82) is 0 Å². The molecular weight excluding hydrogens is 405 g/mol. The van der Waals surface area contributed by atoms with E-state index in [-0.39, 0.29) is 17.4 Å². The van der Waals surface area contributed by atoms with Gasteiger partial charge in [-0.3, -0.25) is 0 Å². The van der Waals surface area contributed by atoms with Gasteiger partial charge >= 0.3 is 0 Å². The summed E-state index contributed by atoms with van der Waals surface area (Å²) in [6.45, 7) is 4.94. The zero-order chi connectivity index (χ0) is 21.3. The smallest absolute Gasteiger partial charge is 0.243 e. The fourth-order valence-corrected chi connectivity index (χ4v) is 5.18. The van der Waals surface area contributed by atoms with Gasteiger partial charge in [0.25, 0.3) is 0 Å². The van der Waals surface area contributed by atoms with Crippen LogP contribution < -0.4 is 0 Å². The largest absolute Gasteiger partial charge is 0.339 e. The highest BCUT2D eigenvalue weighted by Crippen LogP contribution is 2.31. The molecule has 4 rings (SSSR count). The fraction of sp³-hybridized carbons (Fsp3) is 0.364. The van der Waals surface area contributed by atoms with Crippen LogP contribution in [0.5, 0.6) is 0 Å². The van der Waals surface area contributed by atoms with Gasteiger partial charge < -0.3 is 4.52 Å². The van der Waals surface area contributed by atoms with Crippen LogP contribution in [0.15, 0.2) is 57.9 Å². The molecule has 1 aliphatic heterocycles. The Kier molecular flexibility index (Phi) is 5.71. The van der Waals surface area contributed by atoms with Gasteiger partial charge in [0.2, 0.25) is 21.7 Å². The van der Waals surface area contributed by atoms with Crippen LogP contribution >= 0.6 is 0 Å². The SMILES string of the molecule is CC(C)c1ccc(-c2noc(C3CCCN(S(=O)(=O)c4ccc(F)cc4)C3)n2)cc1. The molecule has 1 atom stereocenters. The highest BCUT2D eigenvalue weighted by Gasteiger charge is 2.33. The summed E-state index contributed by atoms with van der Waals surface area (Å²) in [4.78, 5) is 4.61. The average Bonchev–Trinajstić information content (AvgIpc) is 3.24. The molecule has 2 heterocycles. The summed E-state index contributed by atoms with van der Waals surface area (Å²) in [5, 5.41) is 4.10. The minimum absolute atomic E-state index is 0.0843. The van der Waals surface area contributed by atoms with Crippen molar-refractivity contribution in [2.75, 3.05) is 13.1 Å². The molecule has 1 aliphatic rings. The van der Waals surface area contributed by atoms with Crippen LogP contribution in [0.3, 0.4) is 0 Å². The molecule has 0 spiro atoms. The average molecular weight is 430 g/mol. The predicted octanol–water partition coefficient (Wildman–Crippen LogP) is 4.57. The molecule has 0 bridgehead atoms. The van der Waals surface area contributed by atoms with Crippen molar-refractivity contribution in [2.24, 2.45) is 0 Å². The van der Waals surface area contributed by atoms with Gasteiger partial charge in [0.15, 0.2) is 0 Å². The zero-order valence-corrected chi connectivity index (χ0v) is 17.8. The van der Waals surface area contributed by atoms with Crippen molar-refractivity contribution in [3.8, 4) is 11.4 Å². The fourth-order valence-electron chi connectivity index (χ4n) is 3.65. The molecule has 0 aliphatic carbocycles. The predicted molar refractivity (Wildman–Crippen MR) is 111 cm³/mol. The van der Waals surface area contributed by atoms with Crippen molar-refractivity contribution in [3.05, 3.63) is 65.8 Å². The van der Waals surface area contributed by atoms with E-state index >= 15 is 0 Å². The second-order valence-corrected chi connectivity index (χ2v) is 9.83. The Labute approximate surface area is 175 Å². The molecule has 1 aromatic heterocycles. The van der Waals surface area contributed by atoms with Gasteiger partial charge in [-0.2, -0.15) is 9.29 Å². The van der Waals surface area contributed by atoms with Gasteiger partial charge in [-0.05, 0) is 48.6 Å². The Morgan fingerprint density at radius 2 is 1.80 bits per heavy atom. The van der Waals surface area contributed by atoms with E-state index in [1.165, 1.54) is 22.0 Å². The molecule has 0 N–H and O–H groups in total. The number of aromatic nitrogens is 2. The Hall–Kier alpha value is -2.58. The van der Waals surface area contributed by atoms with E-state index in [1.54, 1.807) is 0 Å². The highest BCUT2D eigenvalue weighted by molar-refractivity contribution is 7.89. The summed E-state index contributed by atoms with van der Waals surface area (Å²) in [6.07, 6.45) is 1.45. The van der Waals surface area contributed by atoms with E-state index in [9.17, 15) is 12.8 Å². The molecule has 1 unspecified atom stereocenters. The summed E-state index contributed by atoms with van der Waals surface area (Å²) >= 11 is 0. The zero-order valence-electron chi connectivity index (χ0n) is 17.0. The number of hydrogen-bond acceptors (Lipinski definition) is 5. The number of nitrogens with zero attached hydrogens (tertiary/aromatic N) is 3. The number of piperidine rings is 1. The maximum atomic E-state index is 13.2. The van der Waals surface area contributed by atoms with E-state index < -0.39 is 15.8 Å². The Morgan fingerprint density at radius 3 is 2.47 bits per heavy atom. The second kappa shape index (κ2) is 8.28. The van der Waals surface area contributed by atoms with Gasteiger partial charge in [0.1, 0.15) is 5.82 Å². The first kappa shape index (κ1) is 20.7. The molecule has 0 radical (unpaired) electrons. The van der Waals surface area contributed by atoms with Crippen LogP contribution in [0.2, 0.25) is 0 Å². The molecule has 0 saturated carbocycles. The third-order valence-corrected chi connectivity index (χ3v) is 7.34. The maximum absolute atomic E-state index is 13.2. The minimum atomic E-state index is -3.70. The number of halogens is 1. The monoisotopic (exact) mass is 429 g/mol. The lowest BCUT2D eigenvalue weighted by molar-refractivity contribution is 0.265. The molecule has 6 nitrogen and oxygen atoms in total. The summed E-state index contributed by atoms with van der Waals surface area (Å²) in [7, 11) is -3.70. The number of rotatable bonds is 5. The van der Waals surface area contributed by atoms with Crippen molar-refractivity contribution >= 4 is 10.0 Å². The van der Waals surface area contributed by atoms with Crippen LogP contribution in [0, 0.1) is 5.82 Å². The summed E-state index contributed by atoms with van der Waals surface area (Å²) in [6, 6.07) is 12.9. The minimum Gasteiger partial charge on any atom is -0.339 e. The standard InChI is InChI=1S/C22H24FN3O3S/c1-15(2)16-5-7-17(8-6-16)21-24-22(29-25-21)18-4-3-13-26(14-18)30(27,28)20-11-9-19(23)10-12-20/h5-12,15,18H,3-4,13-14H2,1-2H3. The summed E-state index contributed by atoms with van der Waals surface area (Å²) in [5.41, 5.74) is 2.09. The van der Waals surface area contributed by atoms with Crippen molar-refractivity contribution in [2.45, 2.75) is 43.4 Å². The number of sulfonamides is 1. The topological polar surface area (TPSA) is 76.3 Å². The van der Waals surface area contributed by atoms with Crippen molar-refractivity contribution < 1.29 is 17.3 Å². The van der Waals surface area contributed by atoms with Gasteiger partial charge in [-0.15, -0.1) is 0 Å². The van der Waals surface area contributed by atoms with Crippen molar-refractivity contribution in [1.82, 2.24) is 14.4 Å². The molecule has 8 heteroatoms. The van der Waals surface area contributed by atoms with E-state index in [4.69, 9.17) is 4.52 Å².